The fourth-order valence-corrected chi connectivity index (χ4v) is 1.14. The molecule has 0 radical (unpaired) electrons. The Hall–Kier alpha value is -1.42. The van der Waals surface area contributed by atoms with Gasteiger partial charge in [0.25, 0.3) is 0 Å². The van der Waals surface area contributed by atoms with Crippen LogP contribution in [0.3, 0.4) is 0 Å². The first-order valence-electron chi connectivity index (χ1n) is 3.86. The van der Waals surface area contributed by atoms with Crippen molar-refractivity contribution < 1.29 is 14.3 Å². The van der Waals surface area contributed by atoms with Gasteiger partial charge in [0.1, 0.15) is 0 Å². The minimum atomic E-state index is -0.641. The molecule has 5 heteroatoms. The van der Waals surface area contributed by atoms with E-state index in [9.17, 15) is 4.79 Å². The van der Waals surface area contributed by atoms with Crippen molar-refractivity contribution >= 4 is 22.7 Å². The van der Waals surface area contributed by atoms with Crippen molar-refractivity contribution in [1.29, 1.82) is 0 Å². The molecule has 4 nitrogen and oxygen atoms in total. The molecule has 0 fully saturated rings. The Kier molecular flexibility index (Phi) is 3.59. The Morgan fingerprint density at radius 2 is 1.93 bits per heavy atom. The van der Waals surface area contributed by atoms with Gasteiger partial charge in [-0.2, -0.15) is 0 Å². The van der Waals surface area contributed by atoms with Crippen molar-refractivity contribution in [3.63, 3.8) is 0 Å². The molecule has 1 aromatic rings. The van der Waals surface area contributed by atoms with Gasteiger partial charge < -0.3 is 14.8 Å². The molecule has 76 valence electrons. The van der Waals surface area contributed by atoms with Gasteiger partial charge in [0.05, 0.1) is 14.2 Å². The number of hydrogen-bond acceptors (Lipinski definition) is 3. The van der Waals surface area contributed by atoms with Crippen LogP contribution in [-0.4, -0.2) is 19.6 Å². The number of carbonyl (C=O) groups is 1. The third kappa shape index (κ3) is 2.53. The van der Waals surface area contributed by atoms with E-state index in [1.165, 1.54) is 14.2 Å². The third-order valence-electron chi connectivity index (χ3n) is 1.63. The van der Waals surface area contributed by atoms with Crippen LogP contribution in [0.4, 0.5) is 10.5 Å². The first-order chi connectivity index (χ1) is 6.67. The molecule has 1 rings (SSSR count). The van der Waals surface area contributed by atoms with Gasteiger partial charge in [0.15, 0.2) is 11.5 Å². The van der Waals surface area contributed by atoms with E-state index in [1.807, 2.05) is 0 Å². The summed E-state index contributed by atoms with van der Waals surface area (Å²) in [6.07, 6.45) is 0. The molecule has 0 saturated carbocycles. The topological polar surface area (TPSA) is 47.6 Å². The van der Waals surface area contributed by atoms with Crippen molar-refractivity contribution in [3.8, 4) is 11.5 Å². The fraction of sp³-hybridized carbons (Fsp3) is 0.222. The highest BCUT2D eigenvalue weighted by molar-refractivity contribution is 6.65. The van der Waals surface area contributed by atoms with Crippen LogP contribution in [0.25, 0.3) is 0 Å². The number of halogens is 1. The zero-order valence-corrected chi connectivity index (χ0v) is 8.59. The highest BCUT2D eigenvalue weighted by Crippen LogP contribution is 2.29. The van der Waals surface area contributed by atoms with E-state index in [-0.39, 0.29) is 0 Å². The monoisotopic (exact) mass is 215 g/mol. The molecule has 0 heterocycles. The number of carbonyl (C=O) groups excluding carboxylic acids is 1. The highest BCUT2D eigenvalue weighted by Gasteiger charge is 2.05. The zero-order chi connectivity index (χ0) is 10.6. The zero-order valence-electron chi connectivity index (χ0n) is 7.83. The summed E-state index contributed by atoms with van der Waals surface area (Å²) in [7, 11) is 3.06. The van der Waals surface area contributed by atoms with Crippen LogP contribution in [0.15, 0.2) is 18.2 Å². The lowest BCUT2D eigenvalue weighted by atomic mass is 10.3. The summed E-state index contributed by atoms with van der Waals surface area (Å²) in [4.78, 5) is 10.5. The van der Waals surface area contributed by atoms with E-state index in [1.54, 1.807) is 18.2 Å². The summed E-state index contributed by atoms with van der Waals surface area (Å²) < 4.78 is 10.1. The van der Waals surface area contributed by atoms with E-state index in [0.717, 1.165) is 0 Å². The molecule has 0 bridgehead atoms. The number of anilines is 1. The maximum Gasteiger partial charge on any atom is 0.318 e. The lowest BCUT2D eigenvalue weighted by molar-refractivity contribution is 0.269. The summed E-state index contributed by atoms with van der Waals surface area (Å²) in [6.45, 7) is 0. The van der Waals surface area contributed by atoms with Crippen LogP contribution in [0.5, 0.6) is 11.5 Å². The van der Waals surface area contributed by atoms with Gasteiger partial charge in [0, 0.05) is 11.8 Å². The van der Waals surface area contributed by atoms with Crippen LogP contribution < -0.4 is 14.8 Å². The van der Waals surface area contributed by atoms with Crippen molar-refractivity contribution in [3.05, 3.63) is 18.2 Å². The molecule has 0 unspecified atom stereocenters. The Morgan fingerprint density at radius 1 is 1.29 bits per heavy atom. The second-order valence-electron chi connectivity index (χ2n) is 2.47. The number of rotatable bonds is 3. The maximum absolute atomic E-state index is 10.5. The Bertz CT molecular complexity index is 341. The minimum Gasteiger partial charge on any atom is -0.493 e. The van der Waals surface area contributed by atoms with Crippen molar-refractivity contribution in [1.82, 2.24) is 0 Å². The Balaban J connectivity index is 2.95. The highest BCUT2D eigenvalue weighted by atomic mass is 35.5. The molecule has 0 spiro atoms. The quantitative estimate of drug-likeness (QED) is 0.623. The first-order valence-corrected chi connectivity index (χ1v) is 4.23. The molecule has 1 amide bonds. The van der Waals surface area contributed by atoms with Gasteiger partial charge in [0.2, 0.25) is 0 Å². The molecule has 0 atom stereocenters. The lowest BCUT2D eigenvalue weighted by Gasteiger charge is -2.08. The molecule has 0 saturated heterocycles. The largest absolute Gasteiger partial charge is 0.493 e. The molecule has 1 aromatic carbocycles. The number of amides is 1. The summed E-state index contributed by atoms with van der Waals surface area (Å²) in [5.41, 5.74) is 0.558. The van der Waals surface area contributed by atoms with E-state index < -0.39 is 5.37 Å². The van der Waals surface area contributed by atoms with Gasteiger partial charge in [-0.15, -0.1) is 0 Å². The standard InChI is InChI=1S/C9H10ClNO3/c1-13-7-4-3-6(11-9(10)12)5-8(7)14-2/h3-5H,1-2H3,(H,11,12). The van der Waals surface area contributed by atoms with Gasteiger partial charge in [-0.1, -0.05) is 0 Å². The smallest absolute Gasteiger partial charge is 0.318 e. The number of nitrogens with one attached hydrogen (secondary N) is 1. The van der Waals surface area contributed by atoms with Crippen molar-refractivity contribution in [2.45, 2.75) is 0 Å². The average molecular weight is 216 g/mol. The molecule has 0 aliphatic heterocycles. The van der Waals surface area contributed by atoms with Gasteiger partial charge >= 0.3 is 5.37 Å². The van der Waals surface area contributed by atoms with Gasteiger partial charge in [-0.3, -0.25) is 4.79 Å². The van der Waals surface area contributed by atoms with Crippen LogP contribution in [0.1, 0.15) is 0 Å². The molecular formula is C9H10ClNO3. The molecule has 1 N–H and O–H groups in total. The maximum atomic E-state index is 10.5. The Labute approximate surface area is 86.8 Å². The molecule has 0 aliphatic rings. The van der Waals surface area contributed by atoms with Crippen molar-refractivity contribution in [2.75, 3.05) is 19.5 Å². The SMILES string of the molecule is COc1ccc(NC(=O)Cl)cc1OC. The predicted octanol–water partition coefficient (Wildman–Crippen LogP) is 2.47. The average Bonchev–Trinajstić information content (AvgIpc) is 2.16. The van der Waals surface area contributed by atoms with Crippen LogP contribution >= 0.6 is 11.6 Å². The van der Waals surface area contributed by atoms with E-state index >= 15 is 0 Å². The fourth-order valence-electron chi connectivity index (χ4n) is 1.03. The summed E-state index contributed by atoms with van der Waals surface area (Å²) in [5, 5.41) is 1.78. The van der Waals surface area contributed by atoms with E-state index in [2.05, 4.69) is 5.32 Å². The van der Waals surface area contributed by atoms with Crippen LogP contribution in [-0.2, 0) is 0 Å². The second kappa shape index (κ2) is 4.72. The minimum absolute atomic E-state index is 0.537. The van der Waals surface area contributed by atoms with Gasteiger partial charge in [-0.25, -0.2) is 0 Å². The number of methoxy groups -OCH3 is 2. The van der Waals surface area contributed by atoms with Crippen LogP contribution in [0, 0.1) is 0 Å². The van der Waals surface area contributed by atoms with Crippen LogP contribution in [0.2, 0.25) is 0 Å². The van der Waals surface area contributed by atoms with E-state index in [0.29, 0.717) is 17.2 Å². The predicted molar refractivity (Wildman–Crippen MR) is 54.4 cm³/mol. The van der Waals surface area contributed by atoms with E-state index in [4.69, 9.17) is 21.1 Å². The third-order valence-corrected chi connectivity index (χ3v) is 1.72. The normalized spacial score (nSPS) is 9.36. The molecule has 14 heavy (non-hydrogen) atoms. The molecular weight excluding hydrogens is 206 g/mol. The number of ether oxygens (including phenoxy) is 2. The first kappa shape index (κ1) is 10.7. The summed E-state index contributed by atoms with van der Waals surface area (Å²) in [6, 6.07) is 4.97. The molecule has 0 aliphatic carbocycles. The number of benzene rings is 1. The summed E-state index contributed by atoms with van der Waals surface area (Å²) >= 11 is 5.16. The summed E-state index contributed by atoms with van der Waals surface area (Å²) in [5.74, 6) is 1.13. The Morgan fingerprint density at radius 3 is 2.43 bits per heavy atom. The second-order valence-corrected chi connectivity index (χ2v) is 2.81. The molecule has 0 aromatic heterocycles. The lowest BCUT2D eigenvalue weighted by Crippen LogP contribution is -2.01. The van der Waals surface area contributed by atoms with Crippen molar-refractivity contribution in [2.24, 2.45) is 0 Å². The van der Waals surface area contributed by atoms with Gasteiger partial charge in [-0.05, 0) is 23.7 Å². The number of hydrogen-bond donors (Lipinski definition) is 1.